The van der Waals surface area contributed by atoms with E-state index in [1.807, 2.05) is 17.0 Å². The summed E-state index contributed by atoms with van der Waals surface area (Å²) in [5.41, 5.74) is 1.33. The Hall–Kier alpha value is -4.52. The molecule has 1 aliphatic carbocycles. The lowest BCUT2D eigenvalue weighted by molar-refractivity contribution is -0.118. The highest BCUT2D eigenvalue weighted by Crippen LogP contribution is 2.58. The average molecular weight is 463 g/mol. The summed E-state index contributed by atoms with van der Waals surface area (Å²) in [4.78, 5) is 44.1. The topological polar surface area (TPSA) is 78.5 Å². The Morgan fingerprint density at radius 3 is 2.46 bits per heavy atom. The number of amides is 1. The van der Waals surface area contributed by atoms with Gasteiger partial charge in [0.1, 0.15) is 17.1 Å². The number of rotatable bonds is 2. The van der Waals surface area contributed by atoms with Crippen LogP contribution in [0, 0.1) is 5.82 Å². The van der Waals surface area contributed by atoms with Gasteiger partial charge in [0.15, 0.2) is 11.6 Å². The molecule has 6 nitrogen and oxygen atoms in total. The number of carbonyl (C=O) groups is 3. The second-order valence-corrected chi connectivity index (χ2v) is 8.96. The Labute approximate surface area is 199 Å². The number of ketones is 2. The van der Waals surface area contributed by atoms with Gasteiger partial charge in [0.05, 0.1) is 16.8 Å². The molecule has 1 fully saturated rings. The van der Waals surface area contributed by atoms with Gasteiger partial charge >= 0.3 is 0 Å². The number of nitrogens with zero attached hydrogens (tertiary/aromatic N) is 1. The first-order valence-corrected chi connectivity index (χ1v) is 11.4. The maximum Gasteiger partial charge on any atom is 0.244 e. The number of nitrogens with one attached hydrogen (secondary N) is 2. The zero-order valence-electron chi connectivity index (χ0n) is 18.4. The Morgan fingerprint density at radius 2 is 1.63 bits per heavy atom. The van der Waals surface area contributed by atoms with Crippen molar-refractivity contribution in [2.24, 2.45) is 0 Å². The van der Waals surface area contributed by atoms with Gasteiger partial charge in [0, 0.05) is 41.0 Å². The van der Waals surface area contributed by atoms with Crippen molar-refractivity contribution in [1.29, 1.82) is 0 Å². The van der Waals surface area contributed by atoms with E-state index in [1.165, 1.54) is 18.2 Å². The summed E-state index contributed by atoms with van der Waals surface area (Å²) in [6, 6.07) is 20.0. The number of Topliss-reactive ketones (excluding diaryl/α,β-unsaturated/α-hetero) is 2. The first-order chi connectivity index (χ1) is 17.0. The van der Waals surface area contributed by atoms with E-state index in [2.05, 4.69) is 10.6 Å². The molecule has 1 amide bonds. The summed E-state index contributed by atoms with van der Waals surface area (Å²) in [5.74, 6) is -1.66. The van der Waals surface area contributed by atoms with Crippen LogP contribution in [-0.4, -0.2) is 35.5 Å². The molecule has 1 spiro atoms. The molecule has 3 heterocycles. The molecule has 7 heteroatoms. The van der Waals surface area contributed by atoms with E-state index in [-0.39, 0.29) is 22.5 Å². The third-order valence-corrected chi connectivity index (χ3v) is 7.31. The molecular formula is C28H18FN3O3. The molecule has 2 N–H and O–H groups in total. The molecule has 3 aromatic rings. The van der Waals surface area contributed by atoms with E-state index >= 15 is 0 Å². The molecule has 3 aromatic carbocycles. The van der Waals surface area contributed by atoms with Crippen molar-refractivity contribution in [3.05, 3.63) is 118 Å². The fraction of sp³-hybridized carbons (Fsp3) is 0.107. The molecule has 0 aromatic heterocycles. The van der Waals surface area contributed by atoms with Gasteiger partial charge in [-0.25, -0.2) is 4.39 Å². The number of hydrogen-bond donors (Lipinski definition) is 2. The summed E-state index contributed by atoms with van der Waals surface area (Å²) < 4.78 is 14.9. The SMILES string of the molecule is O=C(C1=C2NCCN2C2=C(C(=O)c3ccccc32)C12C(=O)Nc1ccccc12)c1ccccc1F. The first kappa shape index (κ1) is 19.9. The number of carbonyl (C=O) groups excluding carboxylic acids is 3. The van der Waals surface area contributed by atoms with Crippen LogP contribution >= 0.6 is 0 Å². The van der Waals surface area contributed by atoms with E-state index < -0.39 is 22.9 Å². The molecule has 170 valence electrons. The fourth-order valence-corrected chi connectivity index (χ4v) is 5.95. The minimum absolute atomic E-state index is 0.0717. The maximum atomic E-state index is 14.9. The molecule has 4 aliphatic rings. The Kier molecular flexibility index (Phi) is 3.84. The minimum Gasteiger partial charge on any atom is -0.369 e. The number of para-hydroxylation sites is 1. The lowest BCUT2D eigenvalue weighted by atomic mass is 9.64. The van der Waals surface area contributed by atoms with Crippen LogP contribution in [-0.2, 0) is 10.2 Å². The van der Waals surface area contributed by atoms with Gasteiger partial charge in [-0.15, -0.1) is 0 Å². The van der Waals surface area contributed by atoms with Crippen LogP contribution in [0.5, 0.6) is 0 Å². The molecule has 35 heavy (non-hydrogen) atoms. The molecule has 1 saturated heterocycles. The molecular weight excluding hydrogens is 445 g/mol. The summed E-state index contributed by atoms with van der Waals surface area (Å²) >= 11 is 0. The lowest BCUT2D eigenvalue weighted by Crippen LogP contribution is -2.49. The van der Waals surface area contributed by atoms with E-state index in [1.54, 1.807) is 42.5 Å². The van der Waals surface area contributed by atoms with Crippen LogP contribution in [0.15, 0.2) is 89.8 Å². The van der Waals surface area contributed by atoms with E-state index in [4.69, 9.17) is 0 Å². The van der Waals surface area contributed by atoms with E-state index in [0.717, 1.165) is 5.56 Å². The van der Waals surface area contributed by atoms with Gasteiger partial charge in [-0.3, -0.25) is 14.4 Å². The van der Waals surface area contributed by atoms with Gasteiger partial charge in [0.2, 0.25) is 5.91 Å². The van der Waals surface area contributed by atoms with Crippen LogP contribution in [0.1, 0.15) is 31.8 Å². The highest BCUT2D eigenvalue weighted by molar-refractivity contribution is 6.33. The minimum atomic E-state index is -1.72. The lowest BCUT2D eigenvalue weighted by Gasteiger charge is -2.39. The zero-order valence-corrected chi connectivity index (χ0v) is 18.4. The van der Waals surface area contributed by atoms with Crippen LogP contribution in [0.3, 0.4) is 0 Å². The zero-order chi connectivity index (χ0) is 23.9. The molecule has 0 bridgehead atoms. The molecule has 1 unspecified atom stereocenters. The molecule has 0 radical (unpaired) electrons. The molecule has 1 atom stereocenters. The monoisotopic (exact) mass is 463 g/mol. The predicted molar refractivity (Wildman–Crippen MR) is 127 cm³/mol. The molecule has 3 aliphatic heterocycles. The van der Waals surface area contributed by atoms with E-state index in [0.29, 0.717) is 41.4 Å². The Balaban J connectivity index is 1.62. The standard InChI is InChI=1S/C28H18FN3O3/c29-19-11-5-3-9-17(19)25(34)22-26-30-13-14-32(26)23-15-7-1-2-8-16(15)24(33)21(23)28(22)18-10-4-6-12-20(18)31-27(28)35/h1-12,30H,13-14H2,(H,31,35). The number of halogens is 1. The second-order valence-electron chi connectivity index (χ2n) is 8.96. The fourth-order valence-electron chi connectivity index (χ4n) is 5.95. The third-order valence-electron chi connectivity index (χ3n) is 7.31. The second kappa shape index (κ2) is 6.76. The smallest absolute Gasteiger partial charge is 0.244 e. The van der Waals surface area contributed by atoms with Crippen LogP contribution in [0.2, 0.25) is 0 Å². The van der Waals surface area contributed by atoms with Crippen molar-refractivity contribution >= 4 is 28.9 Å². The normalized spacial score (nSPS) is 21.6. The van der Waals surface area contributed by atoms with Gasteiger partial charge in [-0.2, -0.15) is 0 Å². The predicted octanol–water partition coefficient (Wildman–Crippen LogP) is 3.64. The van der Waals surface area contributed by atoms with Crippen LogP contribution < -0.4 is 10.6 Å². The van der Waals surface area contributed by atoms with Crippen molar-refractivity contribution in [3.8, 4) is 0 Å². The van der Waals surface area contributed by atoms with Crippen molar-refractivity contribution < 1.29 is 18.8 Å². The number of benzene rings is 3. The van der Waals surface area contributed by atoms with E-state index in [9.17, 15) is 18.8 Å². The molecule has 0 saturated carbocycles. The van der Waals surface area contributed by atoms with Crippen LogP contribution in [0.4, 0.5) is 10.1 Å². The Bertz CT molecular complexity index is 1590. The summed E-state index contributed by atoms with van der Waals surface area (Å²) in [6.07, 6.45) is 0. The third kappa shape index (κ3) is 2.30. The van der Waals surface area contributed by atoms with Crippen LogP contribution in [0.25, 0.3) is 5.70 Å². The van der Waals surface area contributed by atoms with Gasteiger partial charge in [-0.05, 0) is 18.2 Å². The van der Waals surface area contributed by atoms with Crippen molar-refractivity contribution in [1.82, 2.24) is 10.2 Å². The quantitative estimate of drug-likeness (QED) is 0.568. The summed E-state index contributed by atoms with van der Waals surface area (Å²) in [7, 11) is 0. The average Bonchev–Trinajstić information content (AvgIpc) is 3.54. The summed E-state index contributed by atoms with van der Waals surface area (Å²) in [5, 5.41) is 6.17. The Morgan fingerprint density at radius 1 is 0.914 bits per heavy atom. The number of hydrogen-bond acceptors (Lipinski definition) is 5. The number of fused-ring (bicyclic) bond motifs is 7. The highest BCUT2D eigenvalue weighted by atomic mass is 19.1. The maximum absolute atomic E-state index is 14.9. The van der Waals surface area contributed by atoms with Crippen molar-refractivity contribution in [3.63, 3.8) is 0 Å². The largest absolute Gasteiger partial charge is 0.369 e. The first-order valence-electron chi connectivity index (χ1n) is 11.4. The van der Waals surface area contributed by atoms with Gasteiger partial charge < -0.3 is 15.5 Å². The van der Waals surface area contributed by atoms with Gasteiger partial charge in [-0.1, -0.05) is 54.6 Å². The molecule has 7 rings (SSSR count). The van der Waals surface area contributed by atoms with Crippen molar-refractivity contribution in [2.75, 3.05) is 18.4 Å². The number of anilines is 1. The highest BCUT2D eigenvalue weighted by Gasteiger charge is 2.63. The summed E-state index contributed by atoms with van der Waals surface area (Å²) in [6.45, 7) is 1.01. The van der Waals surface area contributed by atoms with Crippen molar-refractivity contribution in [2.45, 2.75) is 5.41 Å². The van der Waals surface area contributed by atoms with Gasteiger partial charge in [0.25, 0.3) is 0 Å².